The first-order valence-electron chi connectivity index (χ1n) is 6.67. The summed E-state index contributed by atoms with van der Waals surface area (Å²) in [5, 5.41) is 0. The van der Waals surface area contributed by atoms with Crippen molar-refractivity contribution < 1.29 is 28.6 Å². The fourth-order valence-electron chi connectivity index (χ4n) is 1.33. The predicted octanol–water partition coefficient (Wildman–Crippen LogP) is 1.79. The molecule has 0 rings (SSSR count). The van der Waals surface area contributed by atoms with E-state index in [1.807, 2.05) is 6.92 Å². The molecule has 0 atom stereocenters. The molecule has 0 aromatic rings. The van der Waals surface area contributed by atoms with Gasteiger partial charge < -0.3 is 14.2 Å². The van der Waals surface area contributed by atoms with Crippen LogP contribution in [0, 0.1) is 5.41 Å². The molecule has 0 bridgehead atoms. The van der Waals surface area contributed by atoms with Gasteiger partial charge in [0, 0.05) is 18.6 Å². The van der Waals surface area contributed by atoms with E-state index in [-0.39, 0.29) is 32.2 Å². The maximum atomic E-state index is 11.3. The average molecular weight is 298 g/mol. The molecule has 0 spiro atoms. The SMILES string of the molecule is C=CC(=O)OCC(CC)(COC(=O)C=C)COC(=O)CC. The van der Waals surface area contributed by atoms with Gasteiger partial charge in [0.2, 0.25) is 0 Å². The van der Waals surface area contributed by atoms with Crippen LogP contribution in [0.25, 0.3) is 0 Å². The van der Waals surface area contributed by atoms with Crippen LogP contribution in [0.15, 0.2) is 25.3 Å². The Morgan fingerprint density at radius 3 is 1.67 bits per heavy atom. The lowest BCUT2D eigenvalue weighted by Crippen LogP contribution is -2.38. The minimum absolute atomic E-state index is 0.00891. The fourth-order valence-corrected chi connectivity index (χ4v) is 1.33. The molecule has 0 saturated carbocycles. The first-order chi connectivity index (χ1) is 9.92. The third-order valence-corrected chi connectivity index (χ3v) is 2.95. The van der Waals surface area contributed by atoms with Crippen LogP contribution in [0.4, 0.5) is 0 Å². The van der Waals surface area contributed by atoms with E-state index < -0.39 is 17.4 Å². The zero-order chi connectivity index (χ0) is 16.3. The van der Waals surface area contributed by atoms with E-state index in [1.54, 1.807) is 6.92 Å². The largest absolute Gasteiger partial charge is 0.465 e. The standard InChI is InChI=1S/C15H22O6/c1-5-12(16)19-9-15(8-4,10-20-13(17)6-2)11-21-14(18)7-3/h5-6H,1-2,7-11H2,3-4H3. The molecule has 0 aliphatic heterocycles. The van der Waals surface area contributed by atoms with Gasteiger partial charge in [0.05, 0.1) is 5.41 Å². The van der Waals surface area contributed by atoms with E-state index in [0.717, 1.165) is 12.2 Å². The maximum absolute atomic E-state index is 11.3. The second-order valence-corrected chi connectivity index (χ2v) is 4.49. The van der Waals surface area contributed by atoms with Gasteiger partial charge in [-0.25, -0.2) is 9.59 Å². The van der Waals surface area contributed by atoms with Crippen molar-refractivity contribution in [2.24, 2.45) is 5.41 Å². The zero-order valence-corrected chi connectivity index (χ0v) is 12.6. The molecule has 21 heavy (non-hydrogen) atoms. The molecule has 118 valence electrons. The molecule has 0 fully saturated rings. The Labute approximate surface area is 124 Å². The van der Waals surface area contributed by atoms with E-state index in [9.17, 15) is 14.4 Å². The molecular weight excluding hydrogens is 276 g/mol. The van der Waals surface area contributed by atoms with Crippen LogP contribution in [-0.2, 0) is 28.6 Å². The van der Waals surface area contributed by atoms with Gasteiger partial charge in [0.15, 0.2) is 0 Å². The zero-order valence-electron chi connectivity index (χ0n) is 12.6. The Morgan fingerprint density at radius 2 is 1.33 bits per heavy atom. The molecule has 6 nitrogen and oxygen atoms in total. The highest BCUT2D eigenvalue weighted by Gasteiger charge is 2.33. The predicted molar refractivity (Wildman–Crippen MR) is 76.3 cm³/mol. The average Bonchev–Trinajstić information content (AvgIpc) is 2.53. The summed E-state index contributed by atoms with van der Waals surface area (Å²) in [5.74, 6) is -1.56. The van der Waals surface area contributed by atoms with Crippen molar-refractivity contribution in [1.29, 1.82) is 0 Å². The van der Waals surface area contributed by atoms with Gasteiger partial charge in [-0.1, -0.05) is 27.0 Å². The van der Waals surface area contributed by atoms with Crippen LogP contribution in [-0.4, -0.2) is 37.7 Å². The Morgan fingerprint density at radius 1 is 0.905 bits per heavy atom. The molecule has 0 amide bonds. The van der Waals surface area contributed by atoms with Crippen molar-refractivity contribution >= 4 is 17.9 Å². The van der Waals surface area contributed by atoms with E-state index in [1.165, 1.54) is 0 Å². The van der Waals surface area contributed by atoms with Crippen molar-refractivity contribution in [3.63, 3.8) is 0 Å². The van der Waals surface area contributed by atoms with E-state index in [0.29, 0.717) is 6.42 Å². The molecular formula is C15H22O6. The summed E-state index contributed by atoms with van der Waals surface area (Å²) in [6, 6.07) is 0. The third-order valence-electron chi connectivity index (χ3n) is 2.95. The number of esters is 3. The summed E-state index contributed by atoms with van der Waals surface area (Å²) < 4.78 is 15.1. The Bertz CT molecular complexity index is 375. The van der Waals surface area contributed by atoms with Crippen LogP contribution >= 0.6 is 0 Å². The van der Waals surface area contributed by atoms with Crippen LogP contribution in [0.3, 0.4) is 0 Å². The summed E-state index contributed by atoms with van der Waals surface area (Å²) in [7, 11) is 0. The molecule has 0 unspecified atom stereocenters. The molecule has 0 aromatic heterocycles. The van der Waals surface area contributed by atoms with E-state index in [2.05, 4.69) is 13.2 Å². The van der Waals surface area contributed by atoms with Crippen LogP contribution < -0.4 is 0 Å². The minimum Gasteiger partial charge on any atom is -0.465 e. The molecule has 6 heteroatoms. The second kappa shape index (κ2) is 9.74. The monoisotopic (exact) mass is 298 g/mol. The number of rotatable bonds is 10. The van der Waals surface area contributed by atoms with Gasteiger partial charge in [0.25, 0.3) is 0 Å². The quantitative estimate of drug-likeness (QED) is 0.347. The lowest BCUT2D eigenvalue weighted by atomic mass is 9.88. The topological polar surface area (TPSA) is 78.9 Å². The molecule has 0 heterocycles. The Balaban J connectivity index is 4.83. The summed E-state index contributed by atoms with van der Waals surface area (Å²) in [6.45, 7) is 10.0. The molecule has 0 saturated heterocycles. The third kappa shape index (κ3) is 7.29. The number of hydrogen-bond donors (Lipinski definition) is 0. The highest BCUT2D eigenvalue weighted by molar-refractivity contribution is 5.81. The van der Waals surface area contributed by atoms with Crippen molar-refractivity contribution in [1.82, 2.24) is 0 Å². The van der Waals surface area contributed by atoms with Crippen molar-refractivity contribution in [3.8, 4) is 0 Å². The molecule has 0 radical (unpaired) electrons. The van der Waals surface area contributed by atoms with Crippen LogP contribution in [0.5, 0.6) is 0 Å². The smallest absolute Gasteiger partial charge is 0.330 e. The number of carbonyl (C=O) groups excluding carboxylic acids is 3. The number of ether oxygens (including phenoxy) is 3. The number of carbonyl (C=O) groups is 3. The van der Waals surface area contributed by atoms with Gasteiger partial charge in [-0.2, -0.15) is 0 Å². The second-order valence-electron chi connectivity index (χ2n) is 4.49. The summed E-state index contributed by atoms with van der Waals surface area (Å²) >= 11 is 0. The summed E-state index contributed by atoms with van der Waals surface area (Å²) in [4.78, 5) is 33.7. The van der Waals surface area contributed by atoms with Crippen LogP contribution in [0.1, 0.15) is 26.7 Å². The first-order valence-corrected chi connectivity index (χ1v) is 6.67. The van der Waals surface area contributed by atoms with E-state index >= 15 is 0 Å². The van der Waals surface area contributed by atoms with Crippen molar-refractivity contribution in [2.75, 3.05) is 19.8 Å². The van der Waals surface area contributed by atoms with Gasteiger partial charge in [-0.3, -0.25) is 4.79 Å². The first kappa shape index (κ1) is 18.9. The van der Waals surface area contributed by atoms with Crippen LogP contribution in [0.2, 0.25) is 0 Å². The Hall–Kier alpha value is -2.11. The van der Waals surface area contributed by atoms with Gasteiger partial charge in [0.1, 0.15) is 19.8 Å². The fraction of sp³-hybridized carbons (Fsp3) is 0.533. The summed E-state index contributed by atoms with van der Waals surface area (Å²) in [5.41, 5.74) is -0.790. The molecule has 0 aliphatic carbocycles. The Kier molecular flexibility index (Phi) is 8.76. The van der Waals surface area contributed by atoms with Gasteiger partial charge in [-0.05, 0) is 6.42 Å². The molecule has 0 aromatic carbocycles. The van der Waals surface area contributed by atoms with Crippen molar-refractivity contribution in [3.05, 3.63) is 25.3 Å². The lowest BCUT2D eigenvalue weighted by molar-refractivity contribution is -0.158. The highest BCUT2D eigenvalue weighted by atomic mass is 16.6. The van der Waals surface area contributed by atoms with Gasteiger partial charge >= 0.3 is 17.9 Å². The minimum atomic E-state index is -0.790. The maximum Gasteiger partial charge on any atom is 0.330 e. The highest BCUT2D eigenvalue weighted by Crippen LogP contribution is 2.24. The van der Waals surface area contributed by atoms with Crippen molar-refractivity contribution in [2.45, 2.75) is 26.7 Å². The normalized spacial score (nSPS) is 10.4. The lowest BCUT2D eigenvalue weighted by Gasteiger charge is -2.30. The molecule has 0 aliphatic rings. The number of hydrogen-bond acceptors (Lipinski definition) is 6. The van der Waals surface area contributed by atoms with E-state index in [4.69, 9.17) is 14.2 Å². The summed E-state index contributed by atoms with van der Waals surface area (Å²) in [6.07, 6.45) is 2.79. The van der Waals surface area contributed by atoms with Gasteiger partial charge in [-0.15, -0.1) is 0 Å². The molecule has 0 N–H and O–H groups in total.